The van der Waals surface area contributed by atoms with Crippen LogP contribution in [0.4, 0.5) is 16.2 Å². The third-order valence-corrected chi connectivity index (χ3v) is 4.74. The number of benzene rings is 2. The van der Waals surface area contributed by atoms with Crippen LogP contribution in [-0.2, 0) is 0 Å². The number of anilines is 2. The molecule has 7 heteroatoms. The van der Waals surface area contributed by atoms with E-state index in [2.05, 4.69) is 10.6 Å². The van der Waals surface area contributed by atoms with Gasteiger partial charge in [0, 0.05) is 21.9 Å². The highest BCUT2D eigenvalue weighted by molar-refractivity contribution is 6.31. The van der Waals surface area contributed by atoms with Crippen molar-refractivity contribution in [2.75, 3.05) is 10.6 Å². The maximum atomic E-state index is 12.6. The summed E-state index contributed by atoms with van der Waals surface area (Å²) >= 11 is 6.06. The molecule has 4 amide bonds. The van der Waals surface area contributed by atoms with E-state index in [1.807, 2.05) is 0 Å². The molecule has 2 aromatic rings. The average Bonchev–Trinajstić information content (AvgIpc) is 2.82. The number of halogens is 1. The van der Waals surface area contributed by atoms with Crippen LogP contribution in [0.2, 0.25) is 5.02 Å². The maximum absolute atomic E-state index is 12.6. The Labute approximate surface area is 162 Å². The summed E-state index contributed by atoms with van der Waals surface area (Å²) in [5, 5.41) is 5.96. The van der Waals surface area contributed by atoms with Gasteiger partial charge in [-0.05, 0) is 63.6 Å². The van der Waals surface area contributed by atoms with Crippen LogP contribution in [0, 0.1) is 6.92 Å². The lowest BCUT2D eigenvalue weighted by atomic mass is 10.1. The van der Waals surface area contributed by atoms with Crippen molar-refractivity contribution in [1.82, 2.24) is 4.90 Å². The number of amides is 4. The lowest BCUT2D eigenvalue weighted by Crippen LogP contribution is -2.45. The van der Waals surface area contributed by atoms with Crippen LogP contribution >= 0.6 is 11.6 Å². The third-order valence-electron chi connectivity index (χ3n) is 4.33. The lowest BCUT2D eigenvalue weighted by molar-refractivity contribution is 0.0507. The minimum absolute atomic E-state index is 0.284. The van der Waals surface area contributed by atoms with Crippen LogP contribution in [0.5, 0.6) is 0 Å². The summed E-state index contributed by atoms with van der Waals surface area (Å²) in [4.78, 5) is 38.6. The van der Waals surface area contributed by atoms with Crippen LogP contribution in [-0.4, -0.2) is 28.3 Å². The molecule has 1 aliphatic rings. The zero-order chi connectivity index (χ0) is 19.9. The van der Waals surface area contributed by atoms with Gasteiger partial charge in [0.25, 0.3) is 11.8 Å². The Hall–Kier alpha value is -2.86. The second-order valence-electron chi connectivity index (χ2n) is 7.37. The van der Waals surface area contributed by atoms with Gasteiger partial charge in [-0.2, -0.15) is 0 Å². The first-order valence-corrected chi connectivity index (χ1v) is 8.83. The van der Waals surface area contributed by atoms with Gasteiger partial charge >= 0.3 is 6.03 Å². The maximum Gasteiger partial charge on any atom is 0.323 e. The van der Waals surface area contributed by atoms with Crippen LogP contribution in [0.15, 0.2) is 36.4 Å². The molecule has 0 aliphatic carbocycles. The summed E-state index contributed by atoms with van der Waals surface area (Å²) in [5.74, 6) is -0.690. The molecule has 0 atom stereocenters. The van der Waals surface area contributed by atoms with E-state index in [0.717, 1.165) is 5.56 Å². The number of nitrogens with zero attached hydrogens (tertiary/aromatic N) is 1. The first-order valence-electron chi connectivity index (χ1n) is 8.45. The number of fused-ring (bicyclic) bond motifs is 1. The van der Waals surface area contributed by atoms with Crippen molar-refractivity contribution in [1.29, 1.82) is 0 Å². The van der Waals surface area contributed by atoms with Crippen molar-refractivity contribution in [3.8, 4) is 0 Å². The zero-order valence-corrected chi connectivity index (χ0v) is 16.3. The van der Waals surface area contributed by atoms with Gasteiger partial charge in [-0.25, -0.2) is 4.79 Å². The van der Waals surface area contributed by atoms with E-state index in [0.29, 0.717) is 22.0 Å². The SMILES string of the molecule is Cc1c(Cl)cccc1NC(=O)Nc1ccc2c(c1)C(=O)N(C(C)(C)C)C2=O. The number of carbonyl (C=O) groups is 3. The number of hydrogen-bond acceptors (Lipinski definition) is 3. The molecule has 0 radical (unpaired) electrons. The molecule has 1 aliphatic heterocycles. The summed E-state index contributed by atoms with van der Waals surface area (Å²) < 4.78 is 0. The Morgan fingerprint density at radius 2 is 1.67 bits per heavy atom. The highest BCUT2D eigenvalue weighted by atomic mass is 35.5. The molecule has 0 fully saturated rings. The van der Waals surface area contributed by atoms with E-state index in [-0.39, 0.29) is 17.4 Å². The second-order valence-corrected chi connectivity index (χ2v) is 7.78. The number of imide groups is 1. The molecule has 27 heavy (non-hydrogen) atoms. The second kappa shape index (κ2) is 6.70. The summed E-state index contributed by atoms with van der Waals surface area (Å²) in [6.07, 6.45) is 0. The fourth-order valence-electron chi connectivity index (χ4n) is 2.96. The van der Waals surface area contributed by atoms with Crippen LogP contribution < -0.4 is 10.6 Å². The van der Waals surface area contributed by atoms with Crippen molar-refractivity contribution in [3.63, 3.8) is 0 Å². The van der Waals surface area contributed by atoms with Gasteiger partial charge in [-0.3, -0.25) is 14.5 Å². The molecule has 2 aromatic carbocycles. The van der Waals surface area contributed by atoms with Gasteiger partial charge in [0.05, 0.1) is 11.1 Å². The third kappa shape index (κ3) is 3.53. The first kappa shape index (κ1) is 18.9. The Bertz CT molecular complexity index is 963. The van der Waals surface area contributed by atoms with Gasteiger partial charge in [-0.1, -0.05) is 17.7 Å². The van der Waals surface area contributed by atoms with E-state index in [1.54, 1.807) is 58.0 Å². The average molecular weight is 386 g/mol. The van der Waals surface area contributed by atoms with Crippen molar-refractivity contribution in [2.45, 2.75) is 33.2 Å². The van der Waals surface area contributed by atoms with E-state index < -0.39 is 11.6 Å². The fraction of sp³-hybridized carbons (Fsp3) is 0.250. The van der Waals surface area contributed by atoms with Crippen molar-refractivity contribution >= 4 is 40.8 Å². The van der Waals surface area contributed by atoms with Gasteiger partial charge in [0.2, 0.25) is 0 Å². The van der Waals surface area contributed by atoms with E-state index >= 15 is 0 Å². The van der Waals surface area contributed by atoms with Crippen LogP contribution in [0.3, 0.4) is 0 Å². The molecule has 0 bridgehead atoms. The molecular weight excluding hydrogens is 366 g/mol. The summed E-state index contributed by atoms with van der Waals surface area (Å²) in [7, 11) is 0. The summed E-state index contributed by atoms with van der Waals surface area (Å²) in [5.41, 5.74) is 1.76. The largest absolute Gasteiger partial charge is 0.323 e. The topological polar surface area (TPSA) is 78.5 Å². The smallest absolute Gasteiger partial charge is 0.308 e. The molecule has 0 spiro atoms. The first-order chi connectivity index (χ1) is 12.6. The van der Waals surface area contributed by atoms with Gasteiger partial charge < -0.3 is 10.6 Å². The fourth-order valence-corrected chi connectivity index (χ4v) is 3.13. The number of carbonyl (C=O) groups excluding carboxylic acids is 3. The number of urea groups is 1. The van der Waals surface area contributed by atoms with Gasteiger partial charge in [0.1, 0.15) is 0 Å². The molecule has 6 nitrogen and oxygen atoms in total. The Balaban J connectivity index is 1.80. The highest BCUT2D eigenvalue weighted by Gasteiger charge is 2.41. The minimum atomic E-state index is -0.623. The zero-order valence-electron chi connectivity index (χ0n) is 15.5. The highest BCUT2D eigenvalue weighted by Crippen LogP contribution is 2.31. The van der Waals surface area contributed by atoms with Crippen LogP contribution in [0.25, 0.3) is 0 Å². The van der Waals surface area contributed by atoms with Crippen molar-refractivity contribution in [3.05, 3.63) is 58.1 Å². The number of rotatable bonds is 2. The predicted molar refractivity (Wildman–Crippen MR) is 106 cm³/mol. The molecule has 1 heterocycles. The van der Waals surface area contributed by atoms with Gasteiger partial charge in [0.15, 0.2) is 0 Å². The Morgan fingerprint density at radius 3 is 2.33 bits per heavy atom. The normalized spacial score (nSPS) is 13.6. The minimum Gasteiger partial charge on any atom is -0.308 e. The molecular formula is C20H20ClN3O3. The molecule has 0 saturated carbocycles. The molecule has 0 unspecified atom stereocenters. The predicted octanol–water partition coefficient (Wildman–Crippen LogP) is 4.69. The summed E-state index contributed by atoms with van der Waals surface area (Å²) in [6, 6.07) is 9.43. The van der Waals surface area contributed by atoms with E-state index in [4.69, 9.17) is 11.6 Å². The Morgan fingerprint density at radius 1 is 1.00 bits per heavy atom. The van der Waals surface area contributed by atoms with Crippen LogP contribution in [0.1, 0.15) is 47.1 Å². The number of hydrogen-bond donors (Lipinski definition) is 2. The van der Waals surface area contributed by atoms with Crippen molar-refractivity contribution < 1.29 is 14.4 Å². The van der Waals surface area contributed by atoms with Crippen molar-refractivity contribution in [2.24, 2.45) is 0 Å². The van der Waals surface area contributed by atoms with E-state index in [9.17, 15) is 14.4 Å². The standard InChI is InChI=1S/C20H20ClN3O3/c1-11-15(21)6-5-7-16(11)23-19(27)22-12-8-9-13-14(10-12)18(26)24(17(13)25)20(2,3)4/h5-10H,1-4H3,(H2,22,23,27). The molecule has 140 valence electrons. The lowest BCUT2D eigenvalue weighted by Gasteiger charge is -2.29. The van der Waals surface area contributed by atoms with E-state index in [1.165, 1.54) is 11.0 Å². The molecule has 0 aromatic heterocycles. The molecule has 0 saturated heterocycles. The number of nitrogens with one attached hydrogen (secondary N) is 2. The Kier molecular flexibility index (Phi) is 4.70. The van der Waals surface area contributed by atoms with Gasteiger partial charge in [-0.15, -0.1) is 0 Å². The molecule has 2 N–H and O–H groups in total. The summed E-state index contributed by atoms with van der Waals surface area (Å²) in [6.45, 7) is 7.20. The monoisotopic (exact) mass is 385 g/mol. The molecule has 3 rings (SSSR count). The quantitative estimate of drug-likeness (QED) is 0.736.